The second kappa shape index (κ2) is 5.00. The Morgan fingerprint density at radius 2 is 2.14 bits per heavy atom. The zero-order valence-corrected chi connectivity index (χ0v) is 12.0. The number of hydrogen-bond acceptors (Lipinski definition) is 4. The van der Waals surface area contributed by atoms with E-state index in [1.807, 2.05) is 0 Å². The van der Waals surface area contributed by atoms with Crippen molar-refractivity contribution in [2.75, 3.05) is 0 Å². The summed E-state index contributed by atoms with van der Waals surface area (Å²) < 4.78 is 5.28. The molecule has 2 aliphatic carbocycles. The molecule has 1 aromatic carbocycles. The molecule has 2 saturated carbocycles. The summed E-state index contributed by atoms with van der Waals surface area (Å²) in [5.41, 5.74) is 5.68. The molecule has 0 aliphatic heterocycles. The highest BCUT2D eigenvalue weighted by molar-refractivity contribution is 6.31. The molecule has 112 valence electrons. The Balaban J connectivity index is 1.66. The highest BCUT2D eigenvalue weighted by Gasteiger charge is 2.70. The fraction of sp³-hybridized carbons (Fsp3) is 0.467. The SMILES string of the molecule is NC1(C(=O)OCc2ccccc2Cl)CCC2C(C(=O)O)C21. The number of ether oxygens (including phenoxy) is 1. The van der Waals surface area contributed by atoms with Gasteiger partial charge in [-0.15, -0.1) is 0 Å². The van der Waals surface area contributed by atoms with Crippen LogP contribution in [0.3, 0.4) is 0 Å². The highest BCUT2D eigenvalue weighted by atomic mass is 35.5. The predicted molar refractivity (Wildman–Crippen MR) is 75.5 cm³/mol. The molecule has 0 saturated heterocycles. The Morgan fingerprint density at radius 3 is 2.76 bits per heavy atom. The summed E-state index contributed by atoms with van der Waals surface area (Å²) in [6, 6.07) is 7.09. The van der Waals surface area contributed by atoms with Crippen molar-refractivity contribution in [2.45, 2.75) is 25.0 Å². The smallest absolute Gasteiger partial charge is 0.326 e. The van der Waals surface area contributed by atoms with E-state index >= 15 is 0 Å². The molecule has 0 radical (unpaired) electrons. The first-order valence-corrected chi connectivity index (χ1v) is 7.25. The average molecular weight is 310 g/mol. The Hall–Kier alpha value is -1.59. The number of nitrogens with two attached hydrogens (primary N) is 1. The van der Waals surface area contributed by atoms with Gasteiger partial charge in [-0.3, -0.25) is 9.59 Å². The minimum atomic E-state index is -1.17. The van der Waals surface area contributed by atoms with E-state index in [-0.39, 0.29) is 18.4 Å². The topological polar surface area (TPSA) is 89.6 Å². The molecule has 3 rings (SSSR count). The van der Waals surface area contributed by atoms with Gasteiger partial charge in [0.15, 0.2) is 0 Å². The van der Waals surface area contributed by atoms with Gasteiger partial charge in [-0.05, 0) is 24.8 Å². The first kappa shape index (κ1) is 14.4. The number of carboxylic acid groups (broad SMARTS) is 1. The van der Waals surface area contributed by atoms with Crippen molar-refractivity contribution < 1.29 is 19.4 Å². The van der Waals surface area contributed by atoms with E-state index in [1.54, 1.807) is 24.3 Å². The first-order chi connectivity index (χ1) is 9.95. The van der Waals surface area contributed by atoms with E-state index < -0.39 is 23.4 Å². The lowest BCUT2D eigenvalue weighted by Crippen LogP contribution is -2.50. The van der Waals surface area contributed by atoms with Crippen molar-refractivity contribution in [3.05, 3.63) is 34.9 Å². The maximum absolute atomic E-state index is 12.3. The van der Waals surface area contributed by atoms with Crippen LogP contribution >= 0.6 is 11.6 Å². The van der Waals surface area contributed by atoms with Gasteiger partial charge >= 0.3 is 11.9 Å². The van der Waals surface area contributed by atoms with E-state index in [0.717, 1.165) is 0 Å². The molecular formula is C15H16ClNO4. The molecule has 2 aliphatic rings. The fourth-order valence-electron chi connectivity index (χ4n) is 3.48. The maximum Gasteiger partial charge on any atom is 0.326 e. The summed E-state index contributed by atoms with van der Waals surface area (Å²) in [4.78, 5) is 23.4. The van der Waals surface area contributed by atoms with Crippen LogP contribution in [-0.2, 0) is 20.9 Å². The average Bonchev–Trinajstić information content (AvgIpc) is 3.10. The number of esters is 1. The summed E-state index contributed by atoms with van der Waals surface area (Å²) in [5.74, 6) is -2.19. The van der Waals surface area contributed by atoms with Gasteiger partial charge in [0.25, 0.3) is 0 Å². The van der Waals surface area contributed by atoms with Crippen LogP contribution in [0.4, 0.5) is 0 Å². The number of rotatable bonds is 4. The highest BCUT2D eigenvalue weighted by Crippen LogP contribution is 2.61. The van der Waals surface area contributed by atoms with Gasteiger partial charge < -0.3 is 15.6 Å². The number of halogens is 1. The Labute approximate surface area is 127 Å². The summed E-state index contributed by atoms with van der Waals surface area (Å²) in [7, 11) is 0. The number of carbonyl (C=O) groups is 2. The quantitative estimate of drug-likeness (QED) is 0.828. The predicted octanol–water partition coefficient (Wildman–Crippen LogP) is 1.82. The van der Waals surface area contributed by atoms with Gasteiger partial charge in [0.1, 0.15) is 12.1 Å². The Bertz CT molecular complexity index is 605. The number of carbonyl (C=O) groups excluding carboxylic acids is 1. The van der Waals surface area contributed by atoms with Crippen LogP contribution in [0.1, 0.15) is 18.4 Å². The molecule has 0 amide bonds. The number of hydrogen-bond donors (Lipinski definition) is 2. The molecule has 0 spiro atoms. The number of aliphatic carboxylic acids is 1. The first-order valence-electron chi connectivity index (χ1n) is 6.87. The van der Waals surface area contributed by atoms with Crippen molar-refractivity contribution in [2.24, 2.45) is 23.5 Å². The lowest BCUT2D eigenvalue weighted by atomic mass is 9.91. The van der Waals surface area contributed by atoms with Crippen molar-refractivity contribution in [3.63, 3.8) is 0 Å². The van der Waals surface area contributed by atoms with Gasteiger partial charge in [-0.25, -0.2) is 0 Å². The number of carboxylic acids is 1. The Morgan fingerprint density at radius 1 is 1.43 bits per heavy atom. The lowest BCUT2D eigenvalue weighted by molar-refractivity contribution is -0.152. The maximum atomic E-state index is 12.3. The summed E-state index contributed by atoms with van der Waals surface area (Å²) in [5, 5.41) is 9.62. The normalized spacial score (nSPS) is 33.3. The molecule has 1 aromatic rings. The summed E-state index contributed by atoms with van der Waals surface area (Å²) in [6.45, 7) is 0.0482. The molecule has 2 fully saturated rings. The third-order valence-corrected chi connectivity index (χ3v) is 5.01. The van der Waals surface area contributed by atoms with E-state index in [9.17, 15) is 9.59 Å². The van der Waals surface area contributed by atoms with E-state index in [4.69, 9.17) is 27.2 Å². The van der Waals surface area contributed by atoms with E-state index in [1.165, 1.54) is 0 Å². The molecule has 3 N–H and O–H groups in total. The summed E-state index contributed by atoms with van der Waals surface area (Å²) in [6.07, 6.45) is 1.15. The molecule has 4 unspecified atom stereocenters. The largest absolute Gasteiger partial charge is 0.481 e. The van der Waals surface area contributed by atoms with E-state index in [0.29, 0.717) is 23.4 Å². The van der Waals surface area contributed by atoms with Crippen LogP contribution in [0.5, 0.6) is 0 Å². The van der Waals surface area contributed by atoms with Crippen LogP contribution in [0.25, 0.3) is 0 Å². The number of fused-ring (bicyclic) bond motifs is 1. The van der Waals surface area contributed by atoms with Gasteiger partial charge in [-0.1, -0.05) is 29.8 Å². The number of benzene rings is 1. The third-order valence-electron chi connectivity index (χ3n) is 4.64. The van der Waals surface area contributed by atoms with Crippen molar-refractivity contribution in [1.82, 2.24) is 0 Å². The lowest BCUT2D eigenvalue weighted by Gasteiger charge is -2.24. The van der Waals surface area contributed by atoms with Crippen LogP contribution in [0, 0.1) is 17.8 Å². The van der Waals surface area contributed by atoms with Gasteiger partial charge in [-0.2, -0.15) is 0 Å². The zero-order chi connectivity index (χ0) is 15.2. The molecular weight excluding hydrogens is 294 g/mol. The standard InChI is InChI=1S/C15H16ClNO4/c16-10-4-2-1-3-8(10)7-21-14(20)15(17)6-5-9-11(12(9)15)13(18)19/h1-4,9,11-12H,5-7,17H2,(H,18,19). The van der Waals surface area contributed by atoms with Crippen LogP contribution < -0.4 is 5.73 Å². The fourth-order valence-corrected chi connectivity index (χ4v) is 3.67. The van der Waals surface area contributed by atoms with Crippen LogP contribution in [0.15, 0.2) is 24.3 Å². The minimum absolute atomic E-state index is 0.0142. The molecule has 0 bridgehead atoms. The van der Waals surface area contributed by atoms with Gasteiger partial charge in [0, 0.05) is 16.5 Å². The Kier molecular flexibility index (Phi) is 3.42. The molecule has 4 atom stereocenters. The van der Waals surface area contributed by atoms with Crippen LogP contribution in [-0.4, -0.2) is 22.6 Å². The second-order valence-corrected chi connectivity index (χ2v) is 6.21. The molecule has 0 heterocycles. The monoisotopic (exact) mass is 309 g/mol. The van der Waals surface area contributed by atoms with Crippen LogP contribution in [0.2, 0.25) is 5.02 Å². The summed E-state index contributed by atoms with van der Waals surface area (Å²) >= 11 is 6.00. The van der Waals surface area contributed by atoms with Gasteiger partial charge in [0.05, 0.1) is 5.92 Å². The van der Waals surface area contributed by atoms with Gasteiger partial charge in [0.2, 0.25) is 0 Å². The second-order valence-electron chi connectivity index (χ2n) is 5.80. The molecule has 21 heavy (non-hydrogen) atoms. The zero-order valence-electron chi connectivity index (χ0n) is 11.3. The van der Waals surface area contributed by atoms with E-state index in [2.05, 4.69) is 0 Å². The van der Waals surface area contributed by atoms with Crippen molar-refractivity contribution >= 4 is 23.5 Å². The minimum Gasteiger partial charge on any atom is -0.481 e. The molecule has 0 aromatic heterocycles. The third kappa shape index (κ3) is 2.30. The molecule has 5 nitrogen and oxygen atoms in total. The van der Waals surface area contributed by atoms with Crippen molar-refractivity contribution in [1.29, 1.82) is 0 Å². The molecule has 6 heteroatoms. The van der Waals surface area contributed by atoms with Crippen molar-refractivity contribution in [3.8, 4) is 0 Å².